The van der Waals surface area contributed by atoms with Crippen LogP contribution in [0, 0.1) is 0 Å². The van der Waals surface area contributed by atoms with Crippen molar-refractivity contribution in [1.29, 1.82) is 0 Å². The molecule has 0 saturated carbocycles. The molecule has 4 nitrogen and oxygen atoms in total. The average Bonchev–Trinajstić information content (AvgIpc) is 2.71. The third kappa shape index (κ3) is 3.07. The zero-order chi connectivity index (χ0) is 14.0. The summed E-state index contributed by atoms with van der Waals surface area (Å²) in [5.41, 5.74) is 0.718. The van der Waals surface area contributed by atoms with Crippen molar-refractivity contribution in [3.8, 4) is 0 Å². The van der Waals surface area contributed by atoms with Gasteiger partial charge in [0.05, 0.1) is 0 Å². The van der Waals surface area contributed by atoms with Crippen molar-refractivity contribution in [3.05, 3.63) is 29.3 Å². The Kier molecular flexibility index (Phi) is 4.10. The summed E-state index contributed by atoms with van der Waals surface area (Å²) in [6.07, 6.45) is 0.957. The van der Waals surface area contributed by atoms with E-state index in [1.165, 1.54) is 0 Å². The molecule has 1 atom stereocenters. The molecule has 1 aliphatic heterocycles. The molecule has 1 saturated heterocycles. The largest absolute Gasteiger partial charge is 0.352 e. The highest BCUT2D eigenvalue weighted by molar-refractivity contribution is 6.30. The first kappa shape index (κ1) is 13.9. The number of hydrogen-bond acceptors (Lipinski definition) is 2. The maximum Gasteiger partial charge on any atom is 0.243 e. The molecule has 1 fully saturated rings. The third-order valence-corrected chi connectivity index (χ3v) is 3.30. The number of halogens is 1. The Balaban J connectivity index is 2.22. The van der Waals surface area contributed by atoms with Crippen molar-refractivity contribution in [2.75, 3.05) is 4.90 Å². The van der Waals surface area contributed by atoms with E-state index in [-0.39, 0.29) is 17.9 Å². The molecule has 1 aromatic carbocycles. The Morgan fingerprint density at radius 3 is 2.58 bits per heavy atom. The van der Waals surface area contributed by atoms with Gasteiger partial charge in [0.25, 0.3) is 0 Å². The van der Waals surface area contributed by atoms with Gasteiger partial charge >= 0.3 is 0 Å². The van der Waals surface area contributed by atoms with Crippen LogP contribution in [0.2, 0.25) is 5.02 Å². The first-order chi connectivity index (χ1) is 8.99. The highest BCUT2D eigenvalue weighted by atomic mass is 35.5. The van der Waals surface area contributed by atoms with E-state index in [2.05, 4.69) is 5.32 Å². The smallest absolute Gasteiger partial charge is 0.243 e. The van der Waals surface area contributed by atoms with Crippen LogP contribution in [0.3, 0.4) is 0 Å². The predicted octanol–water partition coefficient (Wildman–Crippen LogP) is 2.36. The normalized spacial score (nSPS) is 19.1. The lowest BCUT2D eigenvalue weighted by Crippen LogP contribution is -2.46. The summed E-state index contributed by atoms with van der Waals surface area (Å²) in [6, 6.07) is 6.62. The van der Waals surface area contributed by atoms with E-state index in [0.717, 1.165) is 5.69 Å². The fraction of sp³-hybridized carbons (Fsp3) is 0.429. The van der Waals surface area contributed by atoms with E-state index in [0.29, 0.717) is 17.9 Å². The number of rotatable bonds is 3. The van der Waals surface area contributed by atoms with E-state index in [1.807, 2.05) is 13.8 Å². The van der Waals surface area contributed by atoms with E-state index in [1.54, 1.807) is 29.2 Å². The van der Waals surface area contributed by atoms with Crippen LogP contribution in [-0.2, 0) is 9.59 Å². The van der Waals surface area contributed by atoms with E-state index in [9.17, 15) is 9.59 Å². The number of nitrogens with one attached hydrogen (secondary N) is 1. The molecular weight excluding hydrogens is 264 g/mol. The van der Waals surface area contributed by atoms with Crippen LogP contribution in [0.25, 0.3) is 0 Å². The van der Waals surface area contributed by atoms with Gasteiger partial charge in [-0.2, -0.15) is 0 Å². The first-order valence-electron chi connectivity index (χ1n) is 6.37. The second-order valence-corrected chi connectivity index (χ2v) is 5.39. The van der Waals surface area contributed by atoms with Crippen molar-refractivity contribution >= 4 is 29.1 Å². The molecule has 1 heterocycles. The Labute approximate surface area is 117 Å². The summed E-state index contributed by atoms with van der Waals surface area (Å²) >= 11 is 5.84. The molecule has 0 aliphatic carbocycles. The summed E-state index contributed by atoms with van der Waals surface area (Å²) in [5, 5.41) is 3.47. The summed E-state index contributed by atoms with van der Waals surface area (Å²) in [5.74, 6) is -0.123. The number of carbonyl (C=O) groups excluding carboxylic acids is 2. The van der Waals surface area contributed by atoms with E-state index in [4.69, 9.17) is 11.6 Å². The van der Waals surface area contributed by atoms with Crippen LogP contribution in [0.5, 0.6) is 0 Å². The molecule has 1 aliphatic rings. The molecule has 1 unspecified atom stereocenters. The zero-order valence-electron chi connectivity index (χ0n) is 11.0. The van der Waals surface area contributed by atoms with Crippen molar-refractivity contribution in [2.45, 2.75) is 38.8 Å². The molecule has 2 amide bonds. The van der Waals surface area contributed by atoms with Crippen molar-refractivity contribution in [3.63, 3.8) is 0 Å². The Hall–Kier alpha value is -1.55. The summed E-state index contributed by atoms with van der Waals surface area (Å²) < 4.78 is 0. The monoisotopic (exact) mass is 280 g/mol. The zero-order valence-corrected chi connectivity index (χ0v) is 11.8. The molecule has 0 radical (unpaired) electrons. The minimum absolute atomic E-state index is 0.0220. The van der Waals surface area contributed by atoms with Gasteiger partial charge in [-0.15, -0.1) is 0 Å². The van der Waals surface area contributed by atoms with Gasteiger partial charge in [0.1, 0.15) is 6.04 Å². The second-order valence-electron chi connectivity index (χ2n) is 4.96. The van der Waals surface area contributed by atoms with Crippen LogP contribution in [0.15, 0.2) is 24.3 Å². The number of carbonyl (C=O) groups is 2. The summed E-state index contributed by atoms with van der Waals surface area (Å²) in [4.78, 5) is 25.7. The molecule has 0 aromatic heterocycles. The van der Waals surface area contributed by atoms with Gasteiger partial charge in [0, 0.05) is 23.2 Å². The van der Waals surface area contributed by atoms with Gasteiger partial charge in [-0.25, -0.2) is 0 Å². The van der Waals surface area contributed by atoms with Gasteiger partial charge < -0.3 is 5.32 Å². The van der Waals surface area contributed by atoms with Gasteiger partial charge in [-0.3, -0.25) is 14.5 Å². The molecule has 5 heteroatoms. The molecule has 19 heavy (non-hydrogen) atoms. The van der Waals surface area contributed by atoms with Crippen LogP contribution in [0.4, 0.5) is 5.69 Å². The minimum Gasteiger partial charge on any atom is -0.352 e. The van der Waals surface area contributed by atoms with E-state index < -0.39 is 6.04 Å². The van der Waals surface area contributed by atoms with Gasteiger partial charge in [-0.1, -0.05) is 11.6 Å². The van der Waals surface area contributed by atoms with Crippen molar-refractivity contribution in [2.24, 2.45) is 0 Å². The highest BCUT2D eigenvalue weighted by Gasteiger charge is 2.37. The molecular formula is C14H17ClN2O2. The number of anilines is 1. The van der Waals surface area contributed by atoms with Crippen LogP contribution in [0.1, 0.15) is 26.7 Å². The Morgan fingerprint density at radius 1 is 1.37 bits per heavy atom. The maximum absolute atomic E-state index is 12.1. The standard InChI is InChI=1S/C14H17ClN2O2/c1-9(2)16-14(19)12-7-8-13(18)17(12)11-5-3-10(15)4-6-11/h3-6,9,12H,7-8H2,1-2H3,(H,16,19). The van der Waals surface area contributed by atoms with Crippen LogP contribution in [-0.4, -0.2) is 23.9 Å². The van der Waals surface area contributed by atoms with Crippen molar-refractivity contribution in [1.82, 2.24) is 5.32 Å². The first-order valence-corrected chi connectivity index (χ1v) is 6.75. The topological polar surface area (TPSA) is 49.4 Å². The lowest BCUT2D eigenvalue weighted by Gasteiger charge is -2.25. The average molecular weight is 281 g/mol. The number of amides is 2. The summed E-state index contributed by atoms with van der Waals surface area (Å²) in [7, 11) is 0. The fourth-order valence-corrected chi connectivity index (χ4v) is 2.36. The molecule has 1 aromatic rings. The molecule has 0 spiro atoms. The number of hydrogen-bond donors (Lipinski definition) is 1. The fourth-order valence-electron chi connectivity index (χ4n) is 2.24. The SMILES string of the molecule is CC(C)NC(=O)C1CCC(=O)N1c1ccc(Cl)cc1. The molecule has 1 N–H and O–H groups in total. The summed E-state index contributed by atoms with van der Waals surface area (Å²) in [6.45, 7) is 3.81. The van der Waals surface area contributed by atoms with Gasteiger partial charge in [0.15, 0.2) is 0 Å². The minimum atomic E-state index is -0.420. The third-order valence-electron chi connectivity index (χ3n) is 3.05. The second kappa shape index (κ2) is 5.61. The lowest BCUT2D eigenvalue weighted by atomic mass is 10.2. The lowest BCUT2D eigenvalue weighted by molar-refractivity contribution is -0.124. The molecule has 0 bridgehead atoms. The van der Waals surface area contributed by atoms with Gasteiger partial charge in [0.2, 0.25) is 11.8 Å². The maximum atomic E-state index is 12.1. The Bertz CT molecular complexity index is 485. The molecule has 102 valence electrons. The highest BCUT2D eigenvalue weighted by Crippen LogP contribution is 2.27. The molecule has 2 rings (SSSR count). The quantitative estimate of drug-likeness (QED) is 0.924. The van der Waals surface area contributed by atoms with Crippen LogP contribution < -0.4 is 10.2 Å². The Morgan fingerprint density at radius 2 is 2.00 bits per heavy atom. The number of benzene rings is 1. The van der Waals surface area contributed by atoms with Crippen molar-refractivity contribution < 1.29 is 9.59 Å². The number of nitrogens with zero attached hydrogens (tertiary/aromatic N) is 1. The predicted molar refractivity (Wildman–Crippen MR) is 75.2 cm³/mol. The van der Waals surface area contributed by atoms with E-state index >= 15 is 0 Å². The van der Waals surface area contributed by atoms with Crippen LogP contribution >= 0.6 is 11.6 Å². The van der Waals surface area contributed by atoms with Gasteiger partial charge in [-0.05, 0) is 44.5 Å².